The first-order chi connectivity index (χ1) is 20.6. The summed E-state index contributed by atoms with van der Waals surface area (Å²) in [5.41, 5.74) is 3.34. The van der Waals surface area contributed by atoms with Gasteiger partial charge in [0.25, 0.3) is 0 Å². The van der Waals surface area contributed by atoms with Gasteiger partial charge in [-0.1, -0.05) is 36.6 Å². The maximum atomic E-state index is 10.6. The van der Waals surface area contributed by atoms with Gasteiger partial charge < -0.3 is 15.1 Å². The number of hydrogen-bond acceptors (Lipinski definition) is 6. The Kier molecular flexibility index (Phi) is 12.2. The van der Waals surface area contributed by atoms with E-state index in [-0.39, 0.29) is 0 Å². The van der Waals surface area contributed by atoms with E-state index in [9.17, 15) is 26.3 Å². The Labute approximate surface area is 254 Å². The van der Waals surface area contributed by atoms with E-state index in [2.05, 4.69) is 38.7 Å². The normalized spacial score (nSPS) is 16.0. The molecule has 0 unspecified atom stereocenters. The van der Waals surface area contributed by atoms with Crippen LogP contribution in [0.2, 0.25) is 5.02 Å². The molecule has 2 saturated heterocycles. The molecule has 5 rings (SSSR count). The van der Waals surface area contributed by atoms with Gasteiger partial charge >= 0.3 is 24.3 Å². The first-order valence-electron chi connectivity index (χ1n) is 13.8. The van der Waals surface area contributed by atoms with E-state index in [1.54, 1.807) is 0 Å². The van der Waals surface area contributed by atoms with Gasteiger partial charge in [-0.15, -0.1) is 0 Å². The Morgan fingerprint density at radius 3 is 1.75 bits per heavy atom. The second-order valence-corrected chi connectivity index (χ2v) is 10.7. The summed E-state index contributed by atoms with van der Waals surface area (Å²) in [4.78, 5) is 27.9. The molecule has 9 nitrogen and oxygen atoms in total. The Hall–Kier alpha value is -3.59. The van der Waals surface area contributed by atoms with Gasteiger partial charge in [0.05, 0.1) is 12.2 Å². The predicted molar refractivity (Wildman–Crippen MR) is 151 cm³/mol. The number of carboxylic acids is 2. The second-order valence-electron chi connectivity index (χ2n) is 10.3. The van der Waals surface area contributed by atoms with Crippen LogP contribution in [0.3, 0.4) is 0 Å². The third-order valence-corrected chi connectivity index (χ3v) is 7.14. The number of hydrogen-bond donors (Lipinski definition) is 2. The predicted octanol–water partition coefficient (Wildman–Crippen LogP) is 6.38. The average molecular weight is 652 g/mol. The zero-order valence-electron chi connectivity index (χ0n) is 23.5. The van der Waals surface area contributed by atoms with Crippen molar-refractivity contribution in [2.24, 2.45) is 0 Å². The highest BCUT2D eigenvalue weighted by Gasteiger charge is 2.38. The Morgan fingerprint density at radius 2 is 1.25 bits per heavy atom. The molecule has 0 radical (unpaired) electrons. The molecule has 0 spiro atoms. The van der Waals surface area contributed by atoms with E-state index in [4.69, 9.17) is 41.5 Å². The number of aliphatic carboxylic acids is 2. The van der Waals surface area contributed by atoms with Crippen LogP contribution in [-0.2, 0) is 22.7 Å². The standard InChI is InChI=1S/C24H30ClN5.2C2HF3O2/c25-20-9-7-19(8-10-20)17-30-24-21(22(27-30)18-28-13-5-6-14-28)11-12-23(26-24)29-15-3-1-2-4-16-29;2*3-2(4,5)1(6)7/h7-12H,1-6,13-18H2;2*(H,6,7). The third-order valence-electron chi connectivity index (χ3n) is 6.89. The molecule has 2 fully saturated rings. The first-order valence-corrected chi connectivity index (χ1v) is 14.2. The number of benzene rings is 1. The van der Waals surface area contributed by atoms with E-state index in [0.717, 1.165) is 41.8 Å². The summed E-state index contributed by atoms with van der Waals surface area (Å²) in [5, 5.41) is 21.2. The summed E-state index contributed by atoms with van der Waals surface area (Å²) >= 11 is 6.08. The molecular weight excluding hydrogens is 620 g/mol. The van der Waals surface area contributed by atoms with Gasteiger partial charge in [-0.25, -0.2) is 19.3 Å². The lowest BCUT2D eigenvalue weighted by Gasteiger charge is -2.21. The average Bonchev–Trinajstić information content (AvgIpc) is 3.48. The SMILES string of the molecule is Clc1ccc(Cn2nc(CN3CCCC3)c3ccc(N4CCCCCC4)nc32)cc1.O=C(O)C(F)(F)F.O=C(O)C(F)(F)F. The molecule has 0 saturated carbocycles. The van der Waals surface area contributed by atoms with Crippen molar-refractivity contribution in [2.75, 3.05) is 31.1 Å². The first kappa shape index (κ1) is 34.9. The number of rotatable bonds is 5. The minimum Gasteiger partial charge on any atom is -0.475 e. The highest BCUT2D eigenvalue weighted by molar-refractivity contribution is 6.30. The van der Waals surface area contributed by atoms with Gasteiger partial charge in [0.15, 0.2) is 5.65 Å². The van der Waals surface area contributed by atoms with Crippen LogP contribution < -0.4 is 4.90 Å². The number of nitrogens with zero attached hydrogens (tertiary/aromatic N) is 5. The zero-order valence-corrected chi connectivity index (χ0v) is 24.3. The van der Waals surface area contributed by atoms with E-state index in [1.807, 2.05) is 12.1 Å². The van der Waals surface area contributed by atoms with E-state index < -0.39 is 24.3 Å². The number of fused-ring (bicyclic) bond motifs is 1. The quantitative estimate of drug-likeness (QED) is 0.306. The molecule has 0 amide bonds. The van der Waals surface area contributed by atoms with Crippen molar-refractivity contribution in [1.82, 2.24) is 19.7 Å². The number of carbonyl (C=O) groups is 2. The van der Waals surface area contributed by atoms with E-state index >= 15 is 0 Å². The van der Waals surface area contributed by atoms with Crippen molar-refractivity contribution in [3.05, 3.63) is 52.7 Å². The van der Waals surface area contributed by atoms with E-state index in [1.165, 1.54) is 62.6 Å². The third kappa shape index (κ3) is 10.5. The topological polar surface area (TPSA) is 112 Å². The van der Waals surface area contributed by atoms with Crippen molar-refractivity contribution < 1.29 is 46.1 Å². The molecule has 2 N–H and O–H groups in total. The lowest BCUT2D eigenvalue weighted by atomic mass is 10.2. The van der Waals surface area contributed by atoms with Gasteiger partial charge in [0, 0.05) is 30.0 Å². The van der Waals surface area contributed by atoms with Gasteiger partial charge in [0.1, 0.15) is 5.82 Å². The van der Waals surface area contributed by atoms with Crippen LogP contribution >= 0.6 is 11.6 Å². The van der Waals surface area contributed by atoms with Crippen molar-refractivity contribution in [3.63, 3.8) is 0 Å². The van der Waals surface area contributed by atoms with Crippen molar-refractivity contribution >= 4 is 40.4 Å². The monoisotopic (exact) mass is 651 g/mol. The molecule has 2 aliphatic rings. The van der Waals surface area contributed by atoms with Gasteiger partial charge in [-0.2, -0.15) is 31.4 Å². The van der Waals surface area contributed by atoms with Crippen LogP contribution in [0.4, 0.5) is 32.2 Å². The van der Waals surface area contributed by atoms with Crippen LogP contribution in [0, 0.1) is 0 Å². The summed E-state index contributed by atoms with van der Waals surface area (Å²) in [6.07, 6.45) is -2.42. The summed E-state index contributed by atoms with van der Waals surface area (Å²) in [6.45, 7) is 6.17. The molecule has 44 heavy (non-hydrogen) atoms. The van der Waals surface area contributed by atoms with Crippen LogP contribution in [0.15, 0.2) is 36.4 Å². The molecular formula is C28H32ClF6N5O4. The fraction of sp³-hybridized carbons (Fsp3) is 0.500. The molecule has 4 heterocycles. The molecule has 0 atom stereocenters. The largest absolute Gasteiger partial charge is 0.490 e. The lowest BCUT2D eigenvalue weighted by molar-refractivity contribution is -0.193. The number of likely N-dealkylation sites (tertiary alicyclic amines) is 1. The maximum absolute atomic E-state index is 10.6. The van der Waals surface area contributed by atoms with Gasteiger partial charge in [0.2, 0.25) is 0 Å². The Balaban J connectivity index is 0.000000317. The number of alkyl halides is 6. The van der Waals surface area contributed by atoms with Crippen LogP contribution in [0.1, 0.15) is 49.8 Å². The molecule has 1 aromatic carbocycles. The molecule has 16 heteroatoms. The van der Waals surface area contributed by atoms with Gasteiger partial charge in [-0.05, 0) is 68.6 Å². The number of aromatic nitrogens is 3. The summed E-state index contributed by atoms with van der Waals surface area (Å²) in [6, 6.07) is 12.5. The molecule has 3 aromatic rings. The fourth-order valence-electron chi connectivity index (χ4n) is 4.73. The molecule has 2 aromatic heterocycles. The number of halogens is 7. The molecule has 242 valence electrons. The summed E-state index contributed by atoms with van der Waals surface area (Å²) < 4.78 is 65.6. The van der Waals surface area contributed by atoms with Crippen LogP contribution in [0.5, 0.6) is 0 Å². The maximum Gasteiger partial charge on any atom is 0.490 e. The second kappa shape index (κ2) is 15.4. The smallest absolute Gasteiger partial charge is 0.475 e. The number of pyridine rings is 1. The van der Waals surface area contributed by atoms with Crippen LogP contribution in [0.25, 0.3) is 11.0 Å². The zero-order chi connectivity index (χ0) is 32.5. The minimum absolute atomic E-state index is 0.712. The van der Waals surface area contributed by atoms with E-state index in [0.29, 0.717) is 6.54 Å². The van der Waals surface area contributed by atoms with Crippen molar-refractivity contribution in [1.29, 1.82) is 0 Å². The molecule has 0 bridgehead atoms. The highest BCUT2D eigenvalue weighted by Crippen LogP contribution is 2.26. The van der Waals surface area contributed by atoms with Crippen molar-refractivity contribution in [2.45, 2.75) is 64.0 Å². The van der Waals surface area contributed by atoms with Gasteiger partial charge in [-0.3, -0.25) is 4.90 Å². The van der Waals surface area contributed by atoms with Crippen LogP contribution in [-0.4, -0.2) is 80.3 Å². The molecule has 0 aliphatic carbocycles. The minimum atomic E-state index is -5.08. The number of carboxylic acid groups (broad SMARTS) is 2. The lowest BCUT2D eigenvalue weighted by Crippen LogP contribution is -2.24. The summed E-state index contributed by atoms with van der Waals surface area (Å²) in [5.74, 6) is -4.42. The highest BCUT2D eigenvalue weighted by atomic mass is 35.5. The Bertz CT molecular complexity index is 1360. The Morgan fingerprint density at radius 1 is 0.750 bits per heavy atom. The number of anilines is 1. The fourth-order valence-corrected chi connectivity index (χ4v) is 4.85. The van der Waals surface area contributed by atoms with Crippen molar-refractivity contribution in [3.8, 4) is 0 Å². The summed E-state index contributed by atoms with van der Waals surface area (Å²) in [7, 11) is 0. The molecule has 2 aliphatic heterocycles.